The summed E-state index contributed by atoms with van der Waals surface area (Å²) in [5.74, 6) is 0.569. The molecule has 14 heavy (non-hydrogen) atoms. The summed E-state index contributed by atoms with van der Waals surface area (Å²) in [6.07, 6.45) is 0. The number of benzene rings is 1. The van der Waals surface area contributed by atoms with Crippen LogP contribution in [0.15, 0.2) is 29.3 Å². The molecule has 0 fully saturated rings. The first kappa shape index (κ1) is 8.81. The highest BCUT2D eigenvalue weighted by atomic mass is 14.8. The average Bonchev–Trinajstić information content (AvgIpc) is 2.55. The lowest BCUT2D eigenvalue weighted by molar-refractivity contribution is 1.30. The highest BCUT2D eigenvalue weighted by molar-refractivity contribution is 6.00. The fraction of sp³-hybridized carbons (Fsp3) is 0.182. The molecule has 2 aromatic rings. The Kier molecular flexibility index (Phi) is 2.00. The SMILES string of the molecule is CN=C(N)c1ccc2cc(C)[nH]c2c1. The maximum atomic E-state index is 5.73. The Hall–Kier alpha value is -1.77. The quantitative estimate of drug-likeness (QED) is 0.519. The summed E-state index contributed by atoms with van der Waals surface area (Å²) in [4.78, 5) is 7.22. The lowest BCUT2D eigenvalue weighted by Crippen LogP contribution is -2.12. The van der Waals surface area contributed by atoms with Crippen LogP contribution in [0.4, 0.5) is 0 Å². The van der Waals surface area contributed by atoms with Crippen molar-refractivity contribution < 1.29 is 0 Å². The number of H-pyrrole nitrogens is 1. The van der Waals surface area contributed by atoms with Crippen LogP contribution in [0.25, 0.3) is 10.9 Å². The van der Waals surface area contributed by atoms with Crippen LogP contribution in [0, 0.1) is 6.92 Å². The number of nitrogens with one attached hydrogen (secondary N) is 1. The summed E-state index contributed by atoms with van der Waals surface area (Å²) < 4.78 is 0. The number of fused-ring (bicyclic) bond motifs is 1. The number of aromatic nitrogens is 1. The summed E-state index contributed by atoms with van der Waals surface area (Å²) in [5, 5.41) is 1.20. The van der Waals surface area contributed by atoms with Gasteiger partial charge in [0.15, 0.2) is 0 Å². The minimum absolute atomic E-state index is 0.569. The van der Waals surface area contributed by atoms with Crippen molar-refractivity contribution >= 4 is 16.7 Å². The highest BCUT2D eigenvalue weighted by Crippen LogP contribution is 2.16. The molecule has 0 aliphatic rings. The lowest BCUT2D eigenvalue weighted by atomic mass is 10.1. The second kappa shape index (κ2) is 3.18. The molecular weight excluding hydrogens is 174 g/mol. The number of aryl methyl sites for hydroxylation is 1. The minimum Gasteiger partial charge on any atom is -0.384 e. The van der Waals surface area contributed by atoms with Gasteiger partial charge in [0.1, 0.15) is 5.84 Å². The van der Waals surface area contributed by atoms with Crippen LogP contribution in [-0.4, -0.2) is 17.9 Å². The van der Waals surface area contributed by atoms with Crippen molar-refractivity contribution in [3.63, 3.8) is 0 Å². The van der Waals surface area contributed by atoms with Crippen molar-refractivity contribution in [1.82, 2.24) is 4.98 Å². The van der Waals surface area contributed by atoms with Crippen molar-refractivity contribution in [3.05, 3.63) is 35.5 Å². The average molecular weight is 187 g/mol. The Labute approximate surface area is 82.7 Å². The molecule has 0 aliphatic carbocycles. The zero-order valence-corrected chi connectivity index (χ0v) is 8.33. The lowest BCUT2D eigenvalue weighted by Gasteiger charge is -1.98. The van der Waals surface area contributed by atoms with Crippen LogP contribution < -0.4 is 5.73 Å². The number of rotatable bonds is 1. The summed E-state index contributed by atoms with van der Waals surface area (Å²) in [5.41, 5.74) is 8.95. The number of hydrogen-bond acceptors (Lipinski definition) is 1. The number of nitrogens with two attached hydrogens (primary N) is 1. The van der Waals surface area contributed by atoms with Gasteiger partial charge in [-0.25, -0.2) is 0 Å². The van der Waals surface area contributed by atoms with Gasteiger partial charge in [-0.2, -0.15) is 0 Å². The number of amidine groups is 1. The smallest absolute Gasteiger partial charge is 0.125 e. The second-order valence-electron chi connectivity index (χ2n) is 3.36. The minimum atomic E-state index is 0.569. The number of aliphatic imine (C=N–C) groups is 1. The summed E-state index contributed by atoms with van der Waals surface area (Å²) in [7, 11) is 1.69. The van der Waals surface area contributed by atoms with Crippen LogP contribution in [0.2, 0.25) is 0 Å². The molecule has 0 radical (unpaired) electrons. The molecule has 0 bridgehead atoms. The molecule has 3 heteroatoms. The molecule has 2 rings (SSSR count). The van der Waals surface area contributed by atoms with E-state index in [9.17, 15) is 0 Å². The van der Waals surface area contributed by atoms with Gasteiger partial charge in [0.2, 0.25) is 0 Å². The number of aromatic amines is 1. The Morgan fingerprint density at radius 1 is 1.36 bits per heavy atom. The molecule has 0 amide bonds. The van der Waals surface area contributed by atoms with Gasteiger partial charge in [-0.1, -0.05) is 12.1 Å². The van der Waals surface area contributed by atoms with Crippen molar-refractivity contribution in [2.45, 2.75) is 6.92 Å². The molecule has 1 aromatic carbocycles. The summed E-state index contributed by atoms with van der Waals surface area (Å²) >= 11 is 0. The normalized spacial score (nSPS) is 12.3. The first-order valence-electron chi connectivity index (χ1n) is 4.52. The van der Waals surface area contributed by atoms with Gasteiger partial charge in [0, 0.05) is 23.8 Å². The molecule has 1 heterocycles. The second-order valence-corrected chi connectivity index (χ2v) is 3.36. The monoisotopic (exact) mass is 187 g/mol. The van der Waals surface area contributed by atoms with Crippen LogP contribution in [0.5, 0.6) is 0 Å². The van der Waals surface area contributed by atoms with E-state index in [0.717, 1.165) is 16.8 Å². The van der Waals surface area contributed by atoms with Crippen LogP contribution in [0.3, 0.4) is 0 Å². The molecule has 1 aromatic heterocycles. The van der Waals surface area contributed by atoms with E-state index in [2.05, 4.69) is 16.0 Å². The third-order valence-electron chi connectivity index (χ3n) is 2.29. The molecule has 0 atom stereocenters. The summed E-state index contributed by atoms with van der Waals surface area (Å²) in [6, 6.07) is 8.16. The van der Waals surface area contributed by atoms with Gasteiger partial charge in [0.25, 0.3) is 0 Å². The van der Waals surface area contributed by atoms with E-state index in [1.54, 1.807) is 7.05 Å². The number of nitrogens with zero attached hydrogens (tertiary/aromatic N) is 1. The Bertz CT molecular complexity index is 494. The van der Waals surface area contributed by atoms with Crippen molar-refractivity contribution in [2.24, 2.45) is 10.7 Å². The molecule has 72 valence electrons. The number of hydrogen-bond donors (Lipinski definition) is 2. The fourth-order valence-corrected chi connectivity index (χ4v) is 1.56. The first-order chi connectivity index (χ1) is 6.70. The van der Waals surface area contributed by atoms with Gasteiger partial charge >= 0.3 is 0 Å². The molecule has 0 saturated heterocycles. The third kappa shape index (κ3) is 1.37. The molecule has 3 N–H and O–H groups in total. The van der Waals surface area contributed by atoms with Gasteiger partial charge in [-0.15, -0.1) is 0 Å². The topological polar surface area (TPSA) is 54.2 Å². The van der Waals surface area contributed by atoms with E-state index in [1.807, 2.05) is 25.1 Å². The molecule has 0 saturated carbocycles. The zero-order chi connectivity index (χ0) is 10.1. The van der Waals surface area contributed by atoms with Crippen molar-refractivity contribution in [3.8, 4) is 0 Å². The van der Waals surface area contributed by atoms with Gasteiger partial charge in [-0.05, 0) is 24.4 Å². The Morgan fingerprint density at radius 2 is 2.14 bits per heavy atom. The third-order valence-corrected chi connectivity index (χ3v) is 2.29. The van der Waals surface area contributed by atoms with Crippen LogP contribution >= 0.6 is 0 Å². The predicted molar refractivity (Wildman–Crippen MR) is 59.7 cm³/mol. The molecule has 0 unspecified atom stereocenters. The molecule has 0 aliphatic heterocycles. The van der Waals surface area contributed by atoms with E-state index in [1.165, 1.54) is 5.39 Å². The molecule has 3 nitrogen and oxygen atoms in total. The van der Waals surface area contributed by atoms with E-state index < -0.39 is 0 Å². The van der Waals surface area contributed by atoms with Gasteiger partial charge < -0.3 is 10.7 Å². The zero-order valence-electron chi connectivity index (χ0n) is 8.33. The molecule has 0 spiro atoms. The fourth-order valence-electron chi connectivity index (χ4n) is 1.56. The maximum absolute atomic E-state index is 5.73. The first-order valence-corrected chi connectivity index (χ1v) is 4.52. The van der Waals surface area contributed by atoms with E-state index in [4.69, 9.17) is 5.73 Å². The van der Waals surface area contributed by atoms with Crippen molar-refractivity contribution in [1.29, 1.82) is 0 Å². The predicted octanol–water partition coefficient (Wildman–Crippen LogP) is 1.81. The van der Waals surface area contributed by atoms with Crippen LogP contribution in [0.1, 0.15) is 11.3 Å². The molecular formula is C11H13N3. The highest BCUT2D eigenvalue weighted by Gasteiger charge is 2.01. The van der Waals surface area contributed by atoms with E-state index in [-0.39, 0.29) is 0 Å². The largest absolute Gasteiger partial charge is 0.384 e. The summed E-state index contributed by atoms with van der Waals surface area (Å²) in [6.45, 7) is 2.04. The Balaban J connectivity index is 2.61. The van der Waals surface area contributed by atoms with E-state index >= 15 is 0 Å². The van der Waals surface area contributed by atoms with Gasteiger partial charge in [0.05, 0.1) is 0 Å². The Morgan fingerprint density at radius 3 is 2.86 bits per heavy atom. The van der Waals surface area contributed by atoms with Crippen molar-refractivity contribution in [2.75, 3.05) is 7.05 Å². The maximum Gasteiger partial charge on any atom is 0.125 e. The van der Waals surface area contributed by atoms with E-state index in [0.29, 0.717) is 5.84 Å². The standard InChI is InChI=1S/C11H13N3/c1-7-5-8-3-4-9(11(12)13-2)6-10(8)14-7/h3-6,14H,1-2H3,(H2,12,13). The van der Waals surface area contributed by atoms with Crippen LogP contribution in [-0.2, 0) is 0 Å². The van der Waals surface area contributed by atoms with Gasteiger partial charge in [-0.3, -0.25) is 4.99 Å².